The molecule has 0 aliphatic heterocycles. The highest BCUT2D eigenvalue weighted by Gasteiger charge is 2.25. The normalized spacial score (nSPS) is 14.9. The number of carbonyl (C=O) groups excluding carboxylic acids is 1. The molecule has 106 valence electrons. The van der Waals surface area contributed by atoms with Gasteiger partial charge in [0.2, 0.25) is 0 Å². The molecule has 0 radical (unpaired) electrons. The number of fused-ring (bicyclic) bond motifs is 1. The fourth-order valence-electron chi connectivity index (χ4n) is 2.33. The van der Waals surface area contributed by atoms with Gasteiger partial charge in [0.25, 0.3) is 5.91 Å². The molecule has 0 atom stereocenters. The molecule has 0 unspecified atom stereocenters. The van der Waals surface area contributed by atoms with Crippen molar-refractivity contribution in [3.8, 4) is 0 Å². The number of nitrogen functional groups attached to an aromatic ring is 1. The Balaban J connectivity index is 1.64. The number of amides is 1. The minimum atomic E-state index is -0.161. The summed E-state index contributed by atoms with van der Waals surface area (Å²) in [7, 11) is 2.09. The third kappa shape index (κ3) is 2.60. The third-order valence-electron chi connectivity index (χ3n) is 3.72. The van der Waals surface area contributed by atoms with Crippen molar-refractivity contribution in [1.82, 2.24) is 20.4 Å². The zero-order chi connectivity index (χ0) is 14.1. The average Bonchev–Trinajstić information content (AvgIpc) is 3.19. The Morgan fingerprint density at radius 1 is 1.55 bits per heavy atom. The van der Waals surface area contributed by atoms with Crippen molar-refractivity contribution >= 4 is 22.5 Å². The zero-order valence-electron chi connectivity index (χ0n) is 11.5. The van der Waals surface area contributed by atoms with Crippen molar-refractivity contribution in [2.75, 3.05) is 25.9 Å². The number of nitrogens with two attached hydrogens (primary N) is 1. The van der Waals surface area contributed by atoms with Gasteiger partial charge in [0.05, 0.1) is 5.52 Å². The van der Waals surface area contributed by atoms with E-state index in [0.717, 1.165) is 17.4 Å². The van der Waals surface area contributed by atoms with Crippen LogP contribution in [0.4, 0.5) is 5.69 Å². The SMILES string of the molecule is CN(CCNC(=O)c1n[nH]c2ccc(N)cc12)C1CC1. The average molecular weight is 273 g/mol. The van der Waals surface area contributed by atoms with Crippen molar-refractivity contribution in [2.24, 2.45) is 0 Å². The van der Waals surface area contributed by atoms with Crippen LogP contribution < -0.4 is 11.1 Å². The first-order valence-electron chi connectivity index (χ1n) is 6.87. The van der Waals surface area contributed by atoms with Gasteiger partial charge in [-0.1, -0.05) is 0 Å². The molecule has 1 amide bonds. The first kappa shape index (κ1) is 12.9. The fraction of sp³-hybridized carbons (Fsp3) is 0.429. The van der Waals surface area contributed by atoms with Gasteiger partial charge in [-0.25, -0.2) is 0 Å². The molecule has 1 saturated carbocycles. The van der Waals surface area contributed by atoms with E-state index >= 15 is 0 Å². The summed E-state index contributed by atoms with van der Waals surface area (Å²) in [5, 5.41) is 10.6. The Morgan fingerprint density at radius 3 is 3.10 bits per heavy atom. The molecule has 1 aliphatic carbocycles. The molecule has 1 heterocycles. The van der Waals surface area contributed by atoms with E-state index in [1.807, 2.05) is 6.07 Å². The molecule has 0 bridgehead atoms. The maximum atomic E-state index is 12.1. The Bertz CT molecular complexity index is 632. The standard InChI is InChI=1S/C14H19N5O/c1-19(10-3-4-10)7-6-16-14(20)13-11-8-9(15)2-5-12(11)17-18-13/h2,5,8,10H,3-4,6-7,15H2,1H3,(H,16,20)(H,17,18). The molecule has 0 saturated heterocycles. The van der Waals surface area contributed by atoms with E-state index < -0.39 is 0 Å². The molecule has 3 rings (SSSR count). The molecular formula is C14H19N5O. The van der Waals surface area contributed by atoms with Gasteiger partial charge < -0.3 is 16.0 Å². The lowest BCUT2D eigenvalue weighted by atomic mass is 10.2. The predicted octanol–water partition coefficient (Wildman–Crippen LogP) is 0.969. The minimum absolute atomic E-state index is 0.161. The number of likely N-dealkylation sites (N-methyl/N-ethyl adjacent to an activating group) is 1. The summed E-state index contributed by atoms with van der Waals surface area (Å²) in [5.41, 5.74) is 7.60. The van der Waals surface area contributed by atoms with E-state index in [9.17, 15) is 4.79 Å². The van der Waals surface area contributed by atoms with Gasteiger partial charge in [0.1, 0.15) is 0 Å². The second-order valence-electron chi connectivity index (χ2n) is 5.34. The third-order valence-corrected chi connectivity index (χ3v) is 3.72. The van der Waals surface area contributed by atoms with E-state index in [0.29, 0.717) is 24.0 Å². The van der Waals surface area contributed by atoms with Crippen LogP contribution in [0.2, 0.25) is 0 Å². The molecule has 0 spiro atoms. The number of nitrogens with one attached hydrogen (secondary N) is 2. The lowest BCUT2D eigenvalue weighted by Crippen LogP contribution is -2.34. The number of anilines is 1. The van der Waals surface area contributed by atoms with Crippen LogP contribution in [-0.4, -0.2) is 47.2 Å². The topological polar surface area (TPSA) is 87.0 Å². The lowest BCUT2D eigenvalue weighted by Gasteiger charge is -2.15. The Labute approximate surface area is 117 Å². The highest BCUT2D eigenvalue weighted by molar-refractivity contribution is 6.05. The Morgan fingerprint density at radius 2 is 2.35 bits per heavy atom. The molecule has 20 heavy (non-hydrogen) atoms. The van der Waals surface area contributed by atoms with Crippen LogP contribution in [-0.2, 0) is 0 Å². The van der Waals surface area contributed by atoms with Gasteiger partial charge in [0.15, 0.2) is 5.69 Å². The number of benzene rings is 1. The van der Waals surface area contributed by atoms with Crippen LogP contribution in [0, 0.1) is 0 Å². The fourth-order valence-corrected chi connectivity index (χ4v) is 2.33. The van der Waals surface area contributed by atoms with Crippen LogP contribution in [0.25, 0.3) is 10.9 Å². The number of hydrogen-bond acceptors (Lipinski definition) is 4. The summed E-state index contributed by atoms with van der Waals surface area (Å²) in [6, 6.07) is 6.09. The van der Waals surface area contributed by atoms with Gasteiger partial charge >= 0.3 is 0 Å². The van der Waals surface area contributed by atoms with Crippen LogP contribution in [0.15, 0.2) is 18.2 Å². The molecule has 6 heteroatoms. The van der Waals surface area contributed by atoms with Crippen molar-refractivity contribution < 1.29 is 4.79 Å². The molecule has 1 aromatic carbocycles. The number of H-pyrrole nitrogens is 1. The molecule has 1 aromatic heterocycles. The van der Waals surface area contributed by atoms with Crippen molar-refractivity contribution in [3.63, 3.8) is 0 Å². The van der Waals surface area contributed by atoms with Gasteiger partial charge in [-0.05, 0) is 38.1 Å². The summed E-state index contributed by atoms with van der Waals surface area (Å²) in [4.78, 5) is 14.4. The van der Waals surface area contributed by atoms with Crippen molar-refractivity contribution in [2.45, 2.75) is 18.9 Å². The smallest absolute Gasteiger partial charge is 0.272 e. The molecule has 2 aromatic rings. The molecule has 6 nitrogen and oxygen atoms in total. The first-order valence-corrected chi connectivity index (χ1v) is 6.87. The van der Waals surface area contributed by atoms with Crippen LogP contribution in [0.5, 0.6) is 0 Å². The largest absolute Gasteiger partial charge is 0.399 e. The van der Waals surface area contributed by atoms with Gasteiger partial charge in [0, 0.05) is 30.2 Å². The lowest BCUT2D eigenvalue weighted by molar-refractivity contribution is 0.0946. The Hall–Kier alpha value is -2.08. The number of rotatable bonds is 5. The zero-order valence-corrected chi connectivity index (χ0v) is 11.5. The number of aromatic amines is 1. The first-order chi connectivity index (χ1) is 9.65. The molecule has 4 N–H and O–H groups in total. The molecule has 1 fully saturated rings. The number of hydrogen-bond donors (Lipinski definition) is 3. The van der Waals surface area contributed by atoms with Gasteiger partial charge in [-0.2, -0.15) is 5.10 Å². The number of carbonyl (C=O) groups is 1. The maximum absolute atomic E-state index is 12.1. The van der Waals surface area contributed by atoms with Crippen LogP contribution in [0.1, 0.15) is 23.3 Å². The van der Waals surface area contributed by atoms with Gasteiger partial charge in [-0.15, -0.1) is 0 Å². The number of nitrogens with zero attached hydrogens (tertiary/aromatic N) is 2. The van der Waals surface area contributed by atoms with E-state index in [2.05, 4.69) is 27.5 Å². The maximum Gasteiger partial charge on any atom is 0.272 e. The quantitative estimate of drug-likeness (QED) is 0.708. The van der Waals surface area contributed by atoms with E-state index in [4.69, 9.17) is 5.73 Å². The highest BCUT2D eigenvalue weighted by atomic mass is 16.1. The second kappa shape index (κ2) is 5.13. The van der Waals surface area contributed by atoms with E-state index in [-0.39, 0.29) is 5.91 Å². The predicted molar refractivity (Wildman–Crippen MR) is 78.5 cm³/mol. The van der Waals surface area contributed by atoms with Gasteiger partial charge in [-0.3, -0.25) is 9.89 Å². The monoisotopic (exact) mass is 273 g/mol. The molecular weight excluding hydrogens is 254 g/mol. The summed E-state index contributed by atoms with van der Waals surface area (Å²) in [6.45, 7) is 1.49. The minimum Gasteiger partial charge on any atom is -0.399 e. The van der Waals surface area contributed by atoms with Crippen LogP contribution in [0.3, 0.4) is 0 Å². The summed E-state index contributed by atoms with van der Waals surface area (Å²) >= 11 is 0. The number of aromatic nitrogens is 2. The van der Waals surface area contributed by atoms with Crippen LogP contribution >= 0.6 is 0 Å². The van der Waals surface area contributed by atoms with Crippen molar-refractivity contribution in [1.29, 1.82) is 0 Å². The Kier molecular flexibility index (Phi) is 3.31. The summed E-state index contributed by atoms with van der Waals surface area (Å²) in [6.07, 6.45) is 2.54. The van der Waals surface area contributed by atoms with E-state index in [1.54, 1.807) is 12.1 Å². The highest BCUT2D eigenvalue weighted by Crippen LogP contribution is 2.24. The second-order valence-corrected chi connectivity index (χ2v) is 5.34. The summed E-state index contributed by atoms with van der Waals surface area (Å²) in [5.74, 6) is -0.161. The summed E-state index contributed by atoms with van der Waals surface area (Å²) < 4.78 is 0. The van der Waals surface area contributed by atoms with Crippen molar-refractivity contribution in [3.05, 3.63) is 23.9 Å². The van der Waals surface area contributed by atoms with E-state index in [1.165, 1.54) is 12.8 Å². The molecule has 1 aliphatic rings.